The molecule has 0 saturated heterocycles. The van der Waals surface area contributed by atoms with E-state index in [0.717, 1.165) is 22.2 Å². The molecule has 0 spiro atoms. The number of hydrogen-bond donors (Lipinski definition) is 2. The van der Waals surface area contributed by atoms with Gasteiger partial charge in [0.1, 0.15) is 5.75 Å². The van der Waals surface area contributed by atoms with Gasteiger partial charge in [0.05, 0.1) is 13.2 Å². The average molecular weight is 327 g/mol. The number of nitrogens with zero attached hydrogens (tertiary/aromatic N) is 4. The molecule has 3 N–H and O–H groups in total. The first kappa shape index (κ1) is 13.6. The van der Waals surface area contributed by atoms with Gasteiger partial charge in [-0.25, -0.2) is 0 Å². The Hall–Kier alpha value is -1.83. The lowest BCUT2D eigenvalue weighted by Gasteiger charge is -2.12. The topological polar surface area (TPSA) is 90.9 Å². The highest BCUT2D eigenvalue weighted by Gasteiger charge is 2.06. The second-order valence-electron chi connectivity index (χ2n) is 3.88. The Morgan fingerprint density at radius 2 is 2.32 bits per heavy atom. The number of hydrogen-bond acceptors (Lipinski definition) is 6. The molecule has 0 amide bonds. The number of anilines is 1. The van der Waals surface area contributed by atoms with Crippen LogP contribution in [0.5, 0.6) is 5.75 Å². The van der Waals surface area contributed by atoms with Gasteiger partial charge in [-0.2, -0.15) is 0 Å². The summed E-state index contributed by atoms with van der Waals surface area (Å²) in [6.45, 7) is 3.26. The maximum atomic E-state index is 5.69. The number of halogens is 1. The van der Waals surface area contributed by atoms with Gasteiger partial charge in [0, 0.05) is 10.0 Å². The molecule has 0 aliphatic heterocycles. The molecule has 0 aliphatic rings. The largest absolute Gasteiger partial charge is 0.493 e. The summed E-state index contributed by atoms with van der Waals surface area (Å²) in [6, 6.07) is 5.86. The minimum Gasteiger partial charge on any atom is -0.493 e. The molecule has 0 unspecified atom stereocenters. The molecule has 0 saturated carbocycles. The first-order chi connectivity index (χ1) is 9.20. The smallest absolute Gasteiger partial charge is 0.260 e. The van der Waals surface area contributed by atoms with Crippen LogP contribution < -0.4 is 15.9 Å². The molecule has 1 heterocycles. The maximum absolute atomic E-state index is 5.69. The molecular formula is C11H15BrN6O. The Bertz CT molecular complexity index is 544. The van der Waals surface area contributed by atoms with Crippen LogP contribution in [0, 0.1) is 0 Å². The van der Waals surface area contributed by atoms with Gasteiger partial charge >= 0.3 is 0 Å². The lowest BCUT2D eigenvalue weighted by Crippen LogP contribution is -2.18. The van der Waals surface area contributed by atoms with Gasteiger partial charge in [-0.15, -0.1) is 4.79 Å². The van der Waals surface area contributed by atoms with Crippen LogP contribution in [0.2, 0.25) is 0 Å². The van der Waals surface area contributed by atoms with Crippen molar-refractivity contribution >= 4 is 21.9 Å². The van der Waals surface area contributed by atoms with Gasteiger partial charge in [0.15, 0.2) is 0 Å². The number of benzene rings is 1. The van der Waals surface area contributed by atoms with E-state index in [0.29, 0.717) is 13.2 Å². The number of ether oxygens (including phenoxy) is 1. The summed E-state index contributed by atoms with van der Waals surface area (Å²) in [5, 5.41) is 10.8. The van der Waals surface area contributed by atoms with Crippen molar-refractivity contribution in [2.75, 3.05) is 17.8 Å². The quantitative estimate of drug-likeness (QED) is 0.836. The molecule has 102 valence electrons. The summed E-state index contributed by atoms with van der Waals surface area (Å²) in [5.74, 6) is 1.05. The van der Waals surface area contributed by atoms with E-state index in [4.69, 9.17) is 10.5 Å². The van der Waals surface area contributed by atoms with Crippen molar-refractivity contribution in [3.05, 3.63) is 28.2 Å². The van der Waals surface area contributed by atoms with Gasteiger partial charge in [-0.3, -0.25) is 0 Å². The second kappa shape index (κ2) is 6.37. The number of aromatic nitrogens is 4. The number of nitrogens with one attached hydrogen (secondary N) is 1. The number of nitrogens with two attached hydrogens (primary N) is 1. The van der Waals surface area contributed by atoms with Crippen molar-refractivity contribution in [2.45, 2.75) is 19.9 Å². The summed E-state index contributed by atoms with van der Waals surface area (Å²) in [5.41, 5.74) is 9.58. The van der Waals surface area contributed by atoms with Gasteiger partial charge < -0.3 is 15.9 Å². The lowest BCUT2D eigenvalue weighted by atomic mass is 10.2. The molecule has 7 nitrogen and oxygen atoms in total. The van der Waals surface area contributed by atoms with Crippen molar-refractivity contribution in [3.63, 3.8) is 0 Å². The standard InChI is InChI=1S/C11H15BrN6O/c1-2-5-19-10-4-3-9(12)6-8(10)7-14-18-11(13)15-16-17-18/h3-4,6,14H,2,5,7H2,1H3,(H2,13,15,17). The predicted octanol–water partition coefficient (Wildman–Crippen LogP) is 1.55. The van der Waals surface area contributed by atoms with Crippen LogP contribution >= 0.6 is 15.9 Å². The monoisotopic (exact) mass is 326 g/mol. The molecule has 8 heteroatoms. The Labute approximate surface area is 119 Å². The molecule has 0 atom stereocenters. The van der Waals surface area contributed by atoms with Crippen molar-refractivity contribution in [1.29, 1.82) is 0 Å². The van der Waals surface area contributed by atoms with E-state index >= 15 is 0 Å². The van der Waals surface area contributed by atoms with Crippen molar-refractivity contribution in [3.8, 4) is 5.75 Å². The van der Waals surface area contributed by atoms with Gasteiger partial charge in [-0.05, 0) is 35.0 Å². The molecule has 0 aliphatic carbocycles. The summed E-state index contributed by atoms with van der Waals surface area (Å²) in [7, 11) is 0. The minimum absolute atomic E-state index is 0.214. The summed E-state index contributed by atoms with van der Waals surface area (Å²) in [4.78, 5) is 1.32. The highest BCUT2D eigenvalue weighted by molar-refractivity contribution is 9.10. The highest BCUT2D eigenvalue weighted by Crippen LogP contribution is 2.23. The van der Waals surface area contributed by atoms with Gasteiger partial charge in [0.25, 0.3) is 5.95 Å². The van der Waals surface area contributed by atoms with Crippen LogP contribution in [0.3, 0.4) is 0 Å². The maximum Gasteiger partial charge on any atom is 0.260 e. The van der Waals surface area contributed by atoms with E-state index in [1.54, 1.807) is 0 Å². The number of nitrogen functional groups attached to an aromatic ring is 1. The third-order valence-corrected chi connectivity index (χ3v) is 2.89. The Balaban J connectivity index is 2.09. The van der Waals surface area contributed by atoms with Crippen LogP contribution in [-0.2, 0) is 6.54 Å². The first-order valence-electron chi connectivity index (χ1n) is 5.89. The minimum atomic E-state index is 0.214. The molecule has 2 rings (SSSR count). The Morgan fingerprint density at radius 3 is 3.00 bits per heavy atom. The molecule has 0 radical (unpaired) electrons. The summed E-state index contributed by atoms with van der Waals surface area (Å²) >= 11 is 3.44. The van der Waals surface area contributed by atoms with E-state index < -0.39 is 0 Å². The van der Waals surface area contributed by atoms with Gasteiger partial charge in [-0.1, -0.05) is 28.0 Å². The Morgan fingerprint density at radius 1 is 1.47 bits per heavy atom. The third kappa shape index (κ3) is 3.57. The van der Waals surface area contributed by atoms with Crippen LogP contribution in [0.25, 0.3) is 0 Å². The molecule has 0 bridgehead atoms. The molecule has 1 aromatic carbocycles. The predicted molar refractivity (Wildman–Crippen MR) is 75.2 cm³/mol. The van der Waals surface area contributed by atoms with E-state index in [1.807, 2.05) is 18.2 Å². The second-order valence-corrected chi connectivity index (χ2v) is 4.80. The molecular weight excluding hydrogens is 312 g/mol. The first-order valence-corrected chi connectivity index (χ1v) is 6.69. The molecule has 2 aromatic rings. The molecule has 1 aromatic heterocycles. The van der Waals surface area contributed by atoms with Crippen LogP contribution in [0.1, 0.15) is 18.9 Å². The Kier molecular flexibility index (Phi) is 4.56. The van der Waals surface area contributed by atoms with E-state index in [2.05, 4.69) is 43.8 Å². The van der Waals surface area contributed by atoms with E-state index in [1.165, 1.54) is 4.79 Å². The third-order valence-electron chi connectivity index (χ3n) is 2.40. The fourth-order valence-corrected chi connectivity index (χ4v) is 1.91. The number of rotatable bonds is 6. The van der Waals surface area contributed by atoms with E-state index in [-0.39, 0.29) is 5.95 Å². The van der Waals surface area contributed by atoms with Crippen molar-refractivity contribution in [1.82, 2.24) is 20.3 Å². The van der Waals surface area contributed by atoms with Crippen LogP contribution in [-0.4, -0.2) is 26.9 Å². The zero-order valence-corrected chi connectivity index (χ0v) is 12.1. The lowest BCUT2D eigenvalue weighted by molar-refractivity contribution is 0.314. The normalized spacial score (nSPS) is 10.4. The zero-order valence-electron chi connectivity index (χ0n) is 10.5. The van der Waals surface area contributed by atoms with E-state index in [9.17, 15) is 0 Å². The molecule has 0 fully saturated rings. The van der Waals surface area contributed by atoms with Crippen molar-refractivity contribution in [2.24, 2.45) is 0 Å². The van der Waals surface area contributed by atoms with Crippen LogP contribution in [0.15, 0.2) is 22.7 Å². The van der Waals surface area contributed by atoms with Gasteiger partial charge in [0.2, 0.25) is 0 Å². The van der Waals surface area contributed by atoms with Crippen LogP contribution in [0.4, 0.5) is 5.95 Å². The number of tetrazole rings is 1. The SMILES string of the molecule is CCCOc1ccc(Br)cc1CNn1nnnc1N. The average Bonchev–Trinajstić information content (AvgIpc) is 2.81. The molecule has 19 heavy (non-hydrogen) atoms. The highest BCUT2D eigenvalue weighted by atomic mass is 79.9. The fourth-order valence-electron chi connectivity index (χ4n) is 1.51. The summed E-state index contributed by atoms with van der Waals surface area (Å²) < 4.78 is 6.67. The van der Waals surface area contributed by atoms with Crippen molar-refractivity contribution < 1.29 is 4.74 Å². The summed E-state index contributed by atoms with van der Waals surface area (Å²) in [6.07, 6.45) is 0.961. The fraction of sp³-hybridized carbons (Fsp3) is 0.364. The zero-order chi connectivity index (χ0) is 13.7.